The van der Waals surface area contributed by atoms with E-state index in [1.807, 2.05) is 0 Å². The van der Waals surface area contributed by atoms with Gasteiger partial charge in [0.1, 0.15) is 11.6 Å². The lowest BCUT2D eigenvalue weighted by molar-refractivity contribution is -0.139. The minimum Gasteiger partial charge on any atom is -0.481 e. The van der Waals surface area contributed by atoms with E-state index in [2.05, 4.69) is 0 Å². The predicted octanol–water partition coefficient (Wildman–Crippen LogP) is 3.85. The number of carboxylic acid groups (broad SMARTS) is 1. The highest BCUT2D eigenvalue weighted by atomic mass is 19.2. The van der Waals surface area contributed by atoms with Crippen molar-refractivity contribution in [2.45, 2.75) is 25.3 Å². The second kappa shape index (κ2) is 8.00. The second-order valence-corrected chi connectivity index (χ2v) is 6.74. The molecule has 4 nitrogen and oxygen atoms in total. The van der Waals surface area contributed by atoms with E-state index in [1.54, 1.807) is 0 Å². The smallest absolute Gasteiger partial charge is 0.305 e. The molecule has 2 aromatic rings. The van der Waals surface area contributed by atoms with Gasteiger partial charge in [0, 0.05) is 30.5 Å². The Kier molecular flexibility index (Phi) is 5.67. The third kappa shape index (κ3) is 4.32. The number of rotatable bonds is 7. The summed E-state index contributed by atoms with van der Waals surface area (Å²) >= 11 is 0. The fourth-order valence-corrected chi connectivity index (χ4v) is 3.24. The minimum absolute atomic E-state index is 0.133. The van der Waals surface area contributed by atoms with Gasteiger partial charge >= 0.3 is 5.97 Å². The van der Waals surface area contributed by atoms with Crippen molar-refractivity contribution in [3.05, 3.63) is 70.8 Å². The highest BCUT2D eigenvalue weighted by Gasteiger charge is 2.48. The van der Waals surface area contributed by atoms with Gasteiger partial charge in [-0.15, -0.1) is 0 Å². The predicted molar refractivity (Wildman–Crippen MR) is 91.2 cm³/mol. The van der Waals surface area contributed by atoms with Gasteiger partial charge in [-0.2, -0.15) is 0 Å². The van der Waals surface area contributed by atoms with Crippen molar-refractivity contribution in [1.29, 1.82) is 0 Å². The molecule has 2 atom stereocenters. The summed E-state index contributed by atoms with van der Waals surface area (Å²) in [5.74, 6) is -6.52. The Morgan fingerprint density at radius 2 is 1.68 bits per heavy atom. The summed E-state index contributed by atoms with van der Waals surface area (Å²) in [6.45, 7) is -0.289. The molecule has 28 heavy (non-hydrogen) atoms. The monoisotopic (exact) mass is 395 g/mol. The Balaban J connectivity index is 1.77. The van der Waals surface area contributed by atoms with Gasteiger partial charge in [0.2, 0.25) is 5.91 Å². The molecule has 1 aliphatic carbocycles. The number of carboxylic acids is 1. The third-order valence-electron chi connectivity index (χ3n) is 4.74. The molecular formula is C20H17F4NO3. The summed E-state index contributed by atoms with van der Waals surface area (Å²) in [7, 11) is 0. The molecule has 148 valence electrons. The zero-order chi connectivity index (χ0) is 20.4. The maximum absolute atomic E-state index is 13.9. The molecule has 0 radical (unpaired) electrons. The zero-order valence-corrected chi connectivity index (χ0v) is 14.7. The first kappa shape index (κ1) is 19.9. The molecule has 0 heterocycles. The average molecular weight is 395 g/mol. The molecule has 0 aromatic heterocycles. The number of hydrogen-bond acceptors (Lipinski definition) is 2. The van der Waals surface area contributed by atoms with E-state index >= 15 is 0 Å². The maximum atomic E-state index is 13.9. The number of hydrogen-bond donors (Lipinski definition) is 1. The molecule has 0 aliphatic heterocycles. The van der Waals surface area contributed by atoms with Crippen molar-refractivity contribution in [3.8, 4) is 0 Å². The Hall–Kier alpha value is -2.90. The van der Waals surface area contributed by atoms with Gasteiger partial charge in [0.15, 0.2) is 11.6 Å². The summed E-state index contributed by atoms with van der Waals surface area (Å²) < 4.78 is 54.4. The number of amides is 1. The van der Waals surface area contributed by atoms with Gasteiger partial charge < -0.3 is 10.0 Å². The van der Waals surface area contributed by atoms with Crippen molar-refractivity contribution in [1.82, 2.24) is 4.90 Å². The molecule has 0 saturated heterocycles. The van der Waals surface area contributed by atoms with Crippen molar-refractivity contribution < 1.29 is 32.3 Å². The summed E-state index contributed by atoms with van der Waals surface area (Å²) in [5, 5.41) is 8.90. The first-order valence-corrected chi connectivity index (χ1v) is 8.66. The zero-order valence-electron chi connectivity index (χ0n) is 14.7. The third-order valence-corrected chi connectivity index (χ3v) is 4.74. The van der Waals surface area contributed by atoms with Crippen LogP contribution in [0.2, 0.25) is 0 Å². The van der Waals surface area contributed by atoms with Crippen molar-refractivity contribution in [2.24, 2.45) is 5.92 Å². The summed E-state index contributed by atoms with van der Waals surface area (Å²) in [4.78, 5) is 24.9. The van der Waals surface area contributed by atoms with E-state index in [4.69, 9.17) is 5.11 Å². The van der Waals surface area contributed by atoms with E-state index in [1.165, 1.54) is 17.0 Å². The van der Waals surface area contributed by atoms with Gasteiger partial charge in [-0.05, 0) is 36.2 Å². The number of carbonyl (C=O) groups is 2. The SMILES string of the molecule is O=C(O)CCN(Cc1ccc(F)c(F)c1)C(=O)C1CC1c1c(F)cccc1F. The molecule has 2 aromatic carbocycles. The molecule has 0 spiro atoms. The van der Waals surface area contributed by atoms with Crippen LogP contribution in [0.4, 0.5) is 17.6 Å². The van der Waals surface area contributed by atoms with Crippen LogP contribution in [0.15, 0.2) is 36.4 Å². The lowest BCUT2D eigenvalue weighted by Gasteiger charge is -2.22. The van der Waals surface area contributed by atoms with E-state index < -0.39 is 47.0 Å². The maximum Gasteiger partial charge on any atom is 0.305 e. The number of halogens is 4. The van der Waals surface area contributed by atoms with Crippen LogP contribution in [-0.4, -0.2) is 28.4 Å². The van der Waals surface area contributed by atoms with Gasteiger partial charge in [-0.1, -0.05) is 12.1 Å². The quantitative estimate of drug-likeness (QED) is 0.725. The van der Waals surface area contributed by atoms with Crippen molar-refractivity contribution in [2.75, 3.05) is 6.54 Å². The lowest BCUT2D eigenvalue weighted by Crippen LogP contribution is -2.34. The molecule has 1 fully saturated rings. The lowest BCUT2D eigenvalue weighted by atomic mass is 10.1. The molecule has 0 bridgehead atoms. The molecule has 8 heteroatoms. The standard InChI is InChI=1S/C20H17F4NO3/c21-14-5-4-11(8-17(14)24)10-25(7-6-18(26)27)20(28)13-9-12(13)19-15(22)2-1-3-16(19)23/h1-5,8,12-13H,6-7,9-10H2,(H,26,27). The number of nitrogens with zero attached hydrogens (tertiary/aromatic N) is 1. The molecule has 1 amide bonds. The van der Waals surface area contributed by atoms with Crippen LogP contribution in [-0.2, 0) is 16.1 Å². The highest BCUT2D eigenvalue weighted by molar-refractivity contribution is 5.83. The van der Waals surface area contributed by atoms with E-state index in [9.17, 15) is 27.2 Å². The number of aliphatic carboxylic acids is 1. The van der Waals surface area contributed by atoms with Gasteiger partial charge in [-0.3, -0.25) is 9.59 Å². The van der Waals surface area contributed by atoms with Gasteiger partial charge in [-0.25, -0.2) is 17.6 Å². The molecule has 1 aliphatic rings. The van der Waals surface area contributed by atoms with Crippen LogP contribution < -0.4 is 0 Å². The highest BCUT2D eigenvalue weighted by Crippen LogP contribution is 2.50. The first-order chi connectivity index (χ1) is 13.3. The molecule has 1 saturated carbocycles. The van der Waals surface area contributed by atoms with Crippen LogP contribution in [0.1, 0.15) is 29.9 Å². The number of carbonyl (C=O) groups excluding carboxylic acids is 1. The Morgan fingerprint density at radius 1 is 1.00 bits per heavy atom. The minimum atomic E-state index is -1.13. The van der Waals surface area contributed by atoms with E-state index in [0.29, 0.717) is 0 Å². The largest absolute Gasteiger partial charge is 0.481 e. The van der Waals surface area contributed by atoms with E-state index in [0.717, 1.165) is 24.3 Å². The van der Waals surface area contributed by atoms with Crippen LogP contribution in [0, 0.1) is 29.2 Å². The fraction of sp³-hybridized carbons (Fsp3) is 0.300. The molecular weight excluding hydrogens is 378 g/mol. The first-order valence-electron chi connectivity index (χ1n) is 8.66. The van der Waals surface area contributed by atoms with Gasteiger partial charge in [0.05, 0.1) is 6.42 Å². The fourth-order valence-electron chi connectivity index (χ4n) is 3.24. The molecule has 2 unspecified atom stereocenters. The van der Waals surface area contributed by atoms with Crippen LogP contribution in [0.5, 0.6) is 0 Å². The molecule has 1 N–H and O–H groups in total. The average Bonchev–Trinajstić information content (AvgIpc) is 3.41. The van der Waals surface area contributed by atoms with Crippen molar-refractivity contribution >= 4 is 11.9 Å². The number of benzene rings is 2. The Bertz CT molecular complexity index is 898. The van der Waals surface area contributed by atoms with Crippen LogP contribution in [0.3, 0.4) is 0 Å². The van der Waals surface area contributed by atoms with Crippen molar-refractivity contribution in [3.63, 3.8) is 0 Å². The second-order valence-electron chi connectivity index (χ2n) is 6.74. The molecule has 3 rings (SSSR count). The topological polar surface area (TPSA) is 57.6 Å². The summed E-state index contributed by atoms with van der Waals surface area (Å²) in [6, 6.07) is 6.59. The van der Waals surface area contributed by atoms with Crippen LogP contribution in [0.25, 0.3) is 0 Å². The van der Waals surface area contributed by atoms with E-state index in [-0.39, 0.29) is 37.1 Å². The summed E-state index contributed by atoms with van der Waals surface area (Å²) in [5.41, 5.74) is 0.124. The normalized spacial score (nSPS) is 18.0. The summed E-state index contributed by atoms with van der Waals surface area (Å²) in [6.07, 6.45) is -0.112. The Morgan fingerprint density at radius 3 is 2.29 bits per heavy atom. The van der Waals surface area contributed by atoms with Crippen LogP contribution >= 0.6 is 0 Å². The Labute approximate surface area is 158 Å². The van der Waals surface area contributed by atoms with Gasteiger partial charge in [0.25, 0.3) is 0 Å².